The van der Waals surface area contributed by atoms with E-state index in [9.17, 15) is 0 Å². The molecule has 2 atom stereocenters. The molecule has 1 fully saturated rings. The van der Waals surface area contributed by atoms with Crippen molar-refractivity contribution in [1.82, 2.24) is 10.2 Å². The van der Waals surface area contributed by atoms with E-state index in [1.54, 1.807) is 0 Å². The molecule has 0 radical (unpaired) electrons. The maximum atomic E-state index is 3.79. The highest BCUT2D eigenvalue weighted by Gasteiger charge is 2.35. The third kappa shape index (κ3) is 6.13. The van der Waals surface area contributed by atoms with Crippen LogP contribution in [0.3, 0.4) is 0 Å². The van der Waals surface area contributed by atoms with Crippen LogP contribution in [-0.2, 0) is 0 Å². The molecule has 1 aliphatic rings. The highest BCUT2D eigenvalue weighted by molar-refractivity contribution is 4.92. The molecule has 0 amide bonds. The lowest BCUT2D eigenvalue weighted by Crippen LogP contribution is -2.60. The van der Waals surface area contributed by atoms with Crippen molar-refractivity contribution in [2.24, 2.45) is 17.3 Å². The molecule has 2 nitrogen and oxygen atoms in total. The van der Waals surface area contributed by atoms with Crippen LogP contribution in [0.4, 0.5) is 0 Å². The summed E-state index contributed by atoms with van der Waals surface area (Å²) in [7, 11) is 0. The van der Waals surface area contributed by atoms with E-state index in [1.165, 1.54) is 32.4 Å². The fourth-order valence-corrected chi connectivity index (χ4v) is 3.41. The molecule has 0 aromatic heterocycles. The molecular formula is C18H38N2. The second kappa shape index (κ2) is 7.79. The summed E-state index contributed by atoms with van der Waals surface area (Å²) in [5.74, 6) is 1.62. The summed E-state index contributed by atoms with van der Waals surface area (Å²) in [6, 6.07) is 1.37. The van der Waals surface area contributed by atoms with E-state index in [0.29, 0.717) is 17.5 Å². The van der Waals surface area contributed by atoms with Gasteiger partial charge in [0, 0.05) is 25.2 Å². The smallest absolute Gasteiger partial charge is 0.0269 e. The average molecular weight is 283 g/mol. The lowest BCUT2D eigenvalue weighted by molar-refractivity contribution is 0.0495. The fourth-order valence-electron chi connectivity index (χ4n) is 3.41. The summed E-state index contributed by atoms with van der Waals surface area (Å²) < 4.78 is 0. The highest BCUT2D eigenvalue weighted by atomic mass is 15.2. The molecule has 20 heavy (non-hydrogen) atoms. The number of nitrogens with one attached hydrogen (secondary N) is 1. The van der Waals surface area contributed by atoms with E-state index in [-0.39, 0.29) is 0 Å². The quantitative estimate of drug-likeness (QED) is 0.787. The Labute approximate surface area is 127 Å². The standard InChI is InChI=1S/C18H38N2/c1-14(2)9-8-10-20-13-16(11-15(3)4)19-12-17(20)18(5,6)7/h14-17,19H,8-13H2,1-7H3. The van der Waals surface area contributed by atoms with Gasteiger partial charge in [-0.25, -0.2) is 0 Å². The maximum Gasteiger partial charge on any atom is 0.0269 e. The number of hydrogen-bond acceptors (Lipinski definition) is 2. The van der Waals surface area contributed by atoms with Crippen LogP contribution in [0.25, 0.3) is 0 Å². The molecule has 0 aromatic carbocycles. The first-order valence-corrected chi connectivity index (χ1v) is 8.67. The zero-order chi connectivity index (χ0) is 15.3. The molecule has 1 heterocycles. The number of hydrogen-bond donors (Lipinski definition) is 1. The Kier molecular flexibility index (Phi) is 7.00. The highest BCUT2D eigenvalue weighted by Crippen LogP contribution is 2.28. The minimum atomic E-state index is 0.369. The van der Waals surface area contributed by atoms with Crippen LogP contribution >= 0.6 is 0 Å². The van der Waals surface area contributed by atoms with Gasteiger partial charge in [-0.05, 0) is 43.1 Å². The molecule has 0 aliphatic carbocycles. The third-order valence-corrected chi connectivity index (χ3v) is 4.48. The molecule has 1 N–H and O–H groups in total. The Bertz CT molecular complexity index is 265. The molecular weight excluding hydrogens is 244 g/mol. The zero-order valence-electron chi connectivity index (χ0n) is 15.0. The lowest BCUT2D eigenvalue weighted by atomic mass is 9.83. The van der Waals surface area contributed by atoms with Gasteiger partial charge in [-0.2, -0.15) is 0 Å². The topological polar surface area (TPSA) is 15.3 Å². The Morgan fingerprint density at radius 1 is 1.10 bits per heavy atom. The van der Waals surface area contributed by atoms with Crippen LogP contribution in [0, 0.1) is 17.3 Å². The van der Waals surface area contributed by atoms with Crippen molar-refractivity contribution >= 4 is 0 Å². The van der Waals surface area contributed by atoms with Gasteiger partial charge in [-0.3, -0.25) is 4.90 Å². The summed E-state index contributed by atoms with van der Waals surface area (Å²) in [5, 5.41) is 3.79. The first kappa shape index (κ1) is 18.0. The predicted molar refractivity (Wildman–Crippen MR) is 90.1 cm³/mol. The van der Waals surface area contributed by atoms with Gasteiger partial charge in [0.25, 0.3) is 0 Å². The Hall–Kier alpha value is -0.0800. The summed E-state index contributed by atoms with van der Waals surface area (Å²) >= 11 is 0. The first-order chi connectivity index (χ1) is 9.20. The van der Waals surface area contributed by atoms with Crippen LogP contribution < -0.4 is 5.32 Å². The maximum absolute atomic E-state index is 3.79. The van der Waals surface area contributed by atoms with Gasteiger partial charge >= 0.3 is 0 Å². The van der Waals surface area contributed by atoms with Crippen LogP contribution in [0.2, 0.25) is 0 Å². The van der Waals surface area contributed by atoms with E-state index >= 15 is 0 Å². The van der Waals surface area contributed by atoms with Crippen molar-refractivity contribution in [3.8, 4) is 0 Å². The van der Waals surface area contributed by atoms with Gasteiger partial charge in [0.1, 0.15) is 0 Å². The normalized spacial score (nSPS) is 25.6. The van der Waals surface area contributed by atoms with Crippen LogP contribution in [0.15, 0.2) is 0 Å². The van der Waals surface area contributed by atoms with E-state index in [1.807, 2.05) is 0 Å². The number of rotatable bonds is 6. The van der Waals surface area contributed by atoms with E-state index in [2.05, 4.69) is 58.7 Å². The van der Waals surface area contributed by atoms with Crippen molar-refractivity contribution in [2.75, 3.05) is 19.6 Å². The lowest BCUT2D eigenvalue weighted by Gasteiger charge is -2.47. The molecule has 1 rings (SSSR count). The molecule has 0 aromatic rings. The molecule has 1 saturated heterocycles. The van der Waals surface area contributed by atoms with Crippen LogP contribution in [0.5, 0.6) is 0 Å². The van der Waals surface area contributed by atoms with Gasteiger partial charge in [-0.1, -0.05) is 48.5 Å². The third-order valence-electron chi connectivity index (χ3n) is 4.48. The average Bonchev–Trinajstić information content (AvgIpc) is 2.26. The molecule has 0 saturated carbocycles. The minimum Gasteiger partial charge on any atom is -0.311 e. The monoisotopic (exact) mass is 282 g/mol. The molecule has 2 unspecified atom stereocenters. The van der Waals surface area contributed by atoms with E-state index in [0.717, 1.165) is 18.4 Å². The summed E-state index contributed by atoms with van der Waals surface area (Å²) in [6.45, 7) is 20.2. The molecule has 0 bridgehead atoms. The Morgan fingerprint density at radius 2 is 1.75 bits per heavy atom. The minimum absolute atomic E-state index is 0.369. The predicted octanol–water partition coefficient (Wildman–Crippen LogP) is 4.16. The van der Waals surface area contributed by atoms with Crippen molar-refractivity contribution in [2.45, 2.75) is 79.8 Å². The second-order valence-electron chi connectivity index (χ2n) is 8.65. The van der Waals surface area contributed by atoms with Gasteiger partial charge in [0.2, 0.25) is 0 Å². The Morgan fingerprint density at radius 3 is 2.25 bits per heavy atom. The molecule has 2 heteroatoms. The largest absolute Gasteiger partial charge is 0.311 e. The van der Waals surface area contributed by atoms with Crippen molar-refractivity contribution in [1.29, 1.82) is 0 Å². The Balaban J connectivity index is 2.58. The summed E-state index contributed by atoms with van der Waals surface area (Å²) in [4.78, 5) is 2.77. The van der Waals surface area contributed by atoms with Gasteiger partial charge in [-0.15, -0.1) is 0 Å². The van der Waals surface area contributed by atoms with Crippen LogP contribution in [0.1, 0.15) is 67.7 Å². The number of nitrogens with zero attached hydrogens (tertiary/aromatic N) is 1. The van der Waals surface area contributed by atoms with E-state index in [4.69, 9.17) is 0 Å². The summed E-state index contributed by atoms with van der Waals surface area (Å²) in [6.07, 6.45) is 4.01. The van der Waals surface area contributed by atoms with Gasteiger partial charge in [0.15, 0.2) is 0 Å². The first-order valence-electron chi connectivity index (χ1n) is 8.67. The molecule has 1 aliphatic heterocycles. The van der Waals surface area contributed by atoms with Gasteiger partial charge in [0.05, 0.1) is 0 Å². The van der Waals surface area contributed by atoms with Gasteiger partial charge < -0.3 is 5.32 Å². The van der Waals surface area contributed by atoms with E-state index < -0.39 is 0 Å². The van der Waals surface area contributed by atoms with Crippen molar-refractivity contribution in [3.05, 3.63) is 0 Å². The number of piperazine rings is 1. The SMILES string of the molecule is CC(C)CCCN1CC(CC(C)C)NCC1C(C)(C)C. The summed E-state index contributed by atoms with van der Waals surface area (Å²) in [5.41, 5.74) is 0.369. The fraction of sp³-hybridized carbons (Fsp3) is 1.00. The van der Waals surface area contributed by atoms with Crippen LogP contribution in [-0.4, -0.2) is 36.6 Å². The molecule has 0 spiro atoms. The molecule has 120 valence electrons. The zero-order valence-corrected chi connectivity index (χ0v) is 15.0. The van der Waals surface area contributed by atoms with Crippen molar-refractivity contribution in [3.63, 3.8) is 0 Å². The van der Waals surface area contributed by atoms with Crippen molar-refractivity contribution < 1.29 is 0 Å². The second-order valence-corrected chi connectivity index (χ2v) is 8.65.